The number of imidazole rings is 1. The Labute approximate surface area is 150 Å². The van der Waals surface area contributed by atoms with Crippen molar-refractivity contribution in [1.29, 1.82) is 0 Å². The number of phenols is 1. The summed E-state index contributed by atoms with van der Waals surface area (Å²) in [7, 11) is 2.05. The van der Waals surface area contributed by atoms with Gasteiger partial charge in [0.05, 0.1) is 23.8 Å². The third kappa shape index (κ3) is 2.41. The number of piperidine rings is 1. The van der Waals surface area contributed by atoms with Crippen molar-refractivity contribution in [3.05, 3.63) is 43.1 Å². The zero-order valence-electron chi connectivity index (χ0n) is 14.3. The number of rotatable bonds is 4. The highest BCUT2D eigenvalue weighted by Gasteiger charge is 2.55. The molecule has 1 aromatic carbocycles. The average molecular weight is 349 g/mol. The maximum Gasteiger partial charge on any atom is 0.185 e. The fourth-order valence-electron chi connectivity index (χ4n) is 3.95. The Morgan fingerprint density at radius 1 is 1.23 bits per heavy atom. The van der Waals surface area contributed by atoms with Gasteiger partial charge in [-0.2, -0.15) is 0 Å². The Balaban J connectivity index is 1.37. The Bertz CT molecular complexity index is 915. The number of benzene rings is 1. The van der Waals surface area contributed by atoms with Crippen molar-refractivity contribution in [3.63, 3.8) is 0 Å². The van der Waals surface area contributed by atoms with Gasteiger partial charge in [-0.15, -0.1) is 10.2 Å². The highest BCUT2D eigenvalue weighted by Crippen LogP contribution is 2.46. The van der Waals surface area contributed by atoms with E-state index in [4.69, 9.17) is 0 Å². The van der Waals surface area contributed by atoms with Gasteiger partial charge in [0.1, 0.15) is 5.75 Å². The van der Waals surface area contributed by atoms with Crippen molar-refractivity contribution in [2.75, 3.05) is 25.0 Å². The smallest absolute Gasteiger partial charge is 0.185 e. The van der Waals surface area contributed by atoms with Crippen LogP contribution in [-0.4, -0.2) is 56.0 Å². The minimum Gasteiger partial charge on any atom is -0.507 e. The molecule has 8 heteroatoms. The number of fused-ring (bicyclic) bond motifs is 1. The summed E-state index contributed by atoms with van der Waals surface area (Å²) in [6.45, 7) is 2.16. The molecule has 3 atom stereocenters. The number of aromatic hydroxyl groups is 1. The lowest BCUT2D eigenvalue weighted by Gasteiger charge is -2.19. The first-order chi connectivity index (χ1) is 12.7. The van der Waals surface area contributed by atoms with Gasteiger partial charge in [0.25, 0.3) is 0 Å². The topological polar surface area (TPSA) is 92.0 Å². The molecule has 2 aliphatic rings. The van der Waals surface area contributed by atoms with Gasteiger partial charge < -0.3 is 19.9 Å². The Morgan fingerprint density at radius 2 is 2.08 bits per heavy atom. The summed E-state index contributed by atoms with van der Waals surface area (Å²) in [6, 6.07) is 5.88. The predicted molar refractivity (Wildman–Crippen MR) is 96.1 cm³/mol. The van der Waals surface area contributed by atoms with E-state index < -0.39 is 0 Å². The Kier molecular flexibility index (Phi) is 3.39. The largest absolute Gasteiger partial charge is 0.507 e. The SMILES string of the molecule is CN(c1cnc(-c2ccc(-n3ccnc3)cc2O)nn1)C1[C@H]2CNC[C@@H]12. The van der Waals surface area contributed by atoms with Gasteiger partial charge in [0, 0.05) is 44.6 Å². The second kappa shape index (κ2) is 5.77. The van der Waals surface area contributed by atoms with E-state index >= 15 is 0 Å². The predicted octanol–water partition coefficient (Wildman–Crippen LogP) is 1.08. The molecule has 3 heterocycles. The molecule has 5 rings (SSSR count). The van der Waals surface area contributed by atoms with E-state index in [1.807, 2.05) is 23.9 Å². The van der Waals surface area contributed by atoms with E-state index in [1.165, 1.54) is 0 Å². The summed E-state index contributed by atoms with van der Waals surface area (Å²) in [5, 5.41) is 22.3. The molecule has 8 nitrogen and oxygen atoms in total. The van der Waals surface area contributed by atoms with Crippen molar-refractivity contribution in [1.82, 2.24) is 30.0 Å². The average Bonchev–Trinajstić information content (AvgIpc) is 3.07. The van der Waals surface area contributed by atoms with Crippen LogP contribution in [0, 0.1) is 11.8 Å². The first-order valence-electron chi connectivity index (χ1n) is 8.67. The number of hydrogen-bond acceptors (Lipinski definition) is 7. The molecule has 2 aromatic heterocycles. The fourth-order valence-corrected chi connectivity index (χ4v) is 3.95. The second-order valence-electron chi connectivity index (χ2n) is 6.90. The standard InChI is InChI=1S/C18H19N7O/c1-24(17-13-7-20-8-14(13)17)16-9-21-18(23-22-16)12-3-2-11(6-15(12)26)25-5-4-19-10-25/h2-6,9-10,13-14,17,20,26H,7-8H2,1H3/t13-,14+,17?. The van der Waals surface area contributed by atoms with E-state index in [1.54, 1.807) is 30.9 Å². The maximum absolute atomic E-state index is 10.4. The first kappa shape index (κ1) is 15.3. The molecule has 132 valence electrons. The molecular formula is C18H19N7O. The van der Waals surface area contributed by atoms with Crippen LogP contribution in [-0.2, 0) is 0 Å². The number of phenolic OH excluding ortho intramolecular Hbond substituents is 1. The summed E-state index contributed by atoms with van der Waals surface area (Å²) in [5.41, 5.74) is 1.38. The van der Waals surface area contributed by atoms with Crippen molar-refractivity contribution >= 4 is 5.82 Å². The van der Waals surface area contributed by atoms with Gasteiger partial charge in [-0.3, -0.25) is 0 Å². The van der Waals surface area contributed by atoms with Crippen molar-refractivity contribution < 1.29 is 5.11 Å². The fraction of sp³-hybridized carbons (Fsp3) is 0.333. The third-order valence-corrected chi connectivity index (χ3v) is 5.43. The molecule has 1 aliphatic heterocycles. The van der Waals surface area contributed by atoms with Crippen molar-refractivity contribution in [2.45, 2.75) is 6.04 Å². The number of aromatic nitrogens is 5. The molecule has 2 fully saturated rings. The summed E-state index contributed by atoms with van der Waals surface area (Å²) in [5.74, 6) is 2.71. The van der Waals surface area contributed by atoms with Gasteiger partial charge in [0.15, 0.2) is 11.6 Å². The van der Waals surface area contributed by atoms with Crippen molar-refractivity contribution in [2.24, 2.45) is 11.8 Å². The van der Waals surface area contributed by atoms with Crippen LogP contribution in [0.25, 0.3) is 17.1 Å². The summed E-state index contributed by atoms with van der Waals surface area (Å²) < 4.78 is 1.82. The van der Waals surface area contributed by atoms with Crippen LogP contribution >= 0.6 is 0 Å². The van der Waals surface area contributed by atoms with Crippen LogP contribution < -0.4 is 10.2 Å². The van der Waals surface area contributed by atoms with E-state index in [0.29, 0.717) is 29.3 Å². The van der Waals surface area contributed by atoms with Crippen LogP contribution in [0.2, 0.25) is 0 Å². The number of nitrogens with zero attached hydrogens (tertiary/aromatic N) is 6. The zero-order chi connectivity index (χ0) is 17.7. The van der Waals surface area contributed by atoms with Gasteiger partial charge in [0.2, 0.25) is 0 Å². The monoisotopic (exact) mass is 349 g/mol. The highest BCUT2D eigenvalue weighted by molar-refractivity contribution is 5.66. The van der Waals surface area contributed by atoms with E-state index in [-0.39, 0.29) is 5.75 Å². The lowest BCUT2D eigenvalue weighted by Crippen LogP contribution is -2.30. The minimum absolute atomic E-state index is 0.113. The molecule has 0 bridgehead atoms. The molecule has 0 radical (unpaired) electrons. The number of hydrogen-bond donors (Lipinski definition) is 2. The van der Waals surface area contributed by atoms with Crippen LogP contribution in [0.3, 0.4) is 0 Å². The van der Waals surface area contributed by atoms with Gasteiger partial charge >= 0.3 is 0 Å². The van der Waals surface area contributed by atoms with E-state index in [2.05, 4.69) is 30.4 Å². The molecule has 1 saturated heterocycles. The maximum atomic E-state index is 10.4. The van der Waals surface area contributed by atoms with Gasteiger partial charge in [-0.25, -0.2) is 9.97 Å². The molecule has 0 spiro atoms. The molecule has 3 aromatic rings. The second-order valence-corrected chi connectivity index (χ2v) is 6.90. The van der Waals surface area contributed by atoms with Crippen LogP contribution in [0.4, 0.5) is 5.82 Å². The summed E-state index contributed by atoms with van der Waals surface area (Å²) in [6.07, 6.45) is 6.92. The number of nitrogens with one attached hydrogen (secondary N) is 1. The van der Waals surface area contributed by atoms with Crippen LogP contribution in [0.5, 0.6) is 5.75 Å². The Hall–Kier alpha value is -3.00. The highest BCUT2D eigenvalue weighted by atomic mass is 16.3. The summed E-state index contributed by atoms with van der Waals surface area (Å²) >= 11 is 0. The van der Waals surface area contributed by atoms with Crippen LogP contribution in [0.15, 0.2) is 43.1 Å². The van der Waals surface area contributed by atoms with Gasteiger partial charge in [-0.1, -0.05) is 0 Å². The zero-order valence-corrected chi connectivity index (χ0v) is 14.3. The molecule has 26 heavy (non-hydrogen) atoms. The van der Waals surface area contributed by atoms with Gasteiger partial charge in [-0.05, 0) is 24.0 Å². The van der Waals surface area contributed by atoms with E-state index in [0.717, 1.165) is 24.6 Å². The lowest BCUT2D eigenvalue weighted by molar-refractivity contribution is 0.476. The quantitative estimate of drug-likeness (QED) is 0.728. The van der Waals surface area contributed by atoms with E-state index in [9.17, 15) is 5.11 Å². The molecule has 0 amide bonds. The third-order valence-electron chi connectivity index (χ3n) is 5.43. The summed E-state index contributed by atoms with van der Waals surface area (Å²) in [4.78, 5) is 10.6. The van der Waals surface area contributed by atoms with Crippen molar-refractivity contribution in [3.8, 4) is 22.8 Å². The Morgan fingerprint density at radius 3 is 2.73 bits per heavy atom. The molecule has 2 N–H and O–H groups in total. The number of anilines is 1. The first-order valence-corrected chi connectivity index (χ1v) is 8.67. The minimum atomic E-state index is 0.113. The molecule has 1 saturated carbocycles. The molecular weight excluding hydrogens is 330 g/mol. The molecule has 1 aliphatic carbocycles. The lowest BCUT2D eigenvalue weighted by atomic mass is 10.1. The van der Waals surface area contributed by atoms with Crippen LogP contribution in [0.1, 0.15) is 0 Å². The normalized spacial score (nSPS) is 23.7. The molecule has 1 unspecified atom stereocenters.